The Balaban J connectivity index is 2.02. The summed E-state index contributed by atoms with van der Waals surface area (Å²) in [5, 5.41) is 0. The molecule has 1 aromatic heterocycles. The average molecular weight is 350 g/mol. The molecular weight excluding hydrogens is 324 g/mol. The van der Waals surface area contributed by atoms with Crippen molar-refractivity contribution in [1.29, 1.82) is 0 Å². The van der Waals surface area contributed by atoms with Crippen LogP contribution in [0, 0.1) is 13.8 Å². The van der Waals surface area contributed by atoms with Gasteiger partial charge in [-0.05, 0) is 52.5 Å². The van der Waals surface area contributed by atoms with Gasteiger partial charge in [0.05, 0.1) is 12.2 Å². The maximum atomic E-state index is 12.3. The van der Waals surface area contributed by atoms with Gasteiger partial charge in [-0.1, -0.05) is 0 Å². The van der Waals surface area contributed by atoms with Crippen LogP contribution in [-0.4, -0.2) is 53.5 Å². The lowest BCUT2D eigenvalue weighted by Gasteiger charge is -2.33. The smallest absolute Gasteiger partial charge is 0.355 e. The second-order valence-corrected chi connectivity index (χ2v) is 6.35. The monoisotopic (exact) mass is 350 g/mol. The van der Waals surface area contributed by atoms with E-state index in [9.17, 15) is 14.4 Å². The summed E-state index contributed by atoms with van der Waals surface area (Å²) in [6.07, 6.45) is 3.06. The predicted octanol–water partition coefficient (Wildman–Crippen LogP) is 2.37. The molecule has 0 bridgehead atoms. The van der Waals surface area contributed by atoms with E-state index < -0.39 is 11.9 Å². The number of carbonyl (C=O) groups excluding carboxylic acids is 3. The largest absolute Gasteiger partial charge is 0.462 e. The molecule has 0 saturated carbocycles. The molecule has 7 heteroatoms. The van der Waals surface area contributed by atoms with Gasteiger partial charge in [0.1, 0.15) is 5.69 Å². The van der Waals surface area contributed by atoms with Gasteiger partial charge >= 0.3 is 11.9 Å². The lowest BCUT2D eigenvalue weighted by Crippen LogP contribution is -2.44. The van der Waals surface area contributed by atoms with E-state index in [0.717, 1.165) is 19.3 Å². The Hall–Kier alpha value is -2.31. The lowest BCUT2D eigenvalue weighted by molar-refractivity contribution is -0.137. The number of H-pyrrole nitrogens is 1. The molecule has 0 aromatic carbocycles. The van der Waals surface area contributed by atoms with E-state index in [1.54, 1.807) is 25.7 Å². The van der Waals surface area contributed by atoms with Crippen molar-refractivity contribution in [1.82, 2.24) is 9.88 Å². The molecule has 1 saturated heterocycles. The number of hydrogen-bond donors (Lipinski definition) is 1. The highest BCUT2D eigenvalue weighted by Crippen LogP contribution is 2.20. The number of aromatic amines is 1. The standard InChI is InChI=1S/C18H26N2O5/c1-5-24-17(22)15-12(3)16(19-13(15)4)18(23)25-10-14(21)20-9-7-6-8-11(20)2/h11,19H,5-10H2,1-4H3. The van der Waals surface area contributed by atoms with Gasteiger partial charge in [-0.2, -0.15) is 0 Å². The first-order valence-corrected chi connectivity index (χ1v) is 8.69. The first-order valence-electron chi connectivity index (χ1n) is 8.69. The second-order valence-electron chi connectivity index (χ2n) is 6.35. The highest BCUT2D eigenvalue weighted by Gasteiger charge is 2.26. The molecule has 1 atom stereocenters. The zero-order valence-electron chi connectivity index (χ0n) is 15.3. The van der Waals surface area contributed by atoms with Crippen LogP contribution in [0.3, 0.4) is 0 Å². The predicted molar refractivity (Wildman–Crippen MR) is 91.5 cm³/mol. The summed E-state index contributed by atoms with van der Waals surface area (Å²) in [4.78, 5) is 41.2. The van der Waals surface area contributed by atoms with Crippen molar-refractivity contribution < 1.29 is 23.9 Å². The van der Waals surface area contributed by atoms with Crippen molar-refractivity contribution in [2.75, 3.05) is 19.8 Å². The number of esters is 2. The number of aromatic nitrogens is 1. The van der Waals surface area contributed by atoms with Crippen molar-refractivity contribution in [2.45, 2.75) is 53.0 Å². The Labute approximate surface area is 147 Å². The number of nitrogens with one attached hydrogen (secondary N) is 1. The molecule has 7 nitrogen and oxygen atoms in total. The van der Waals surface area contributed by atoms with Gasteiger partial charge in [0.15, 0.2) is 6.61 Å². The third-order valence-corrected chi connectivity index (χ3v) is 4.57. The fourth-order valence-electron chi connectivity index (χ4n) is 3.21. The molecule has 1 aliphatic heterocycles. The number of piperidine rings is 1. The fraction of sp³-hybridized carbons (Fsp3) is 0.611. The molecule has 138 valence electrons. The van der Waals surface area contributed by atoms with Gasteiger partial charge in [-0.15, -0.1) is 0 Å². The van der Waals surface area contributed by atoms with Crippen molar-refractivity contribution >= 4 is 17.8 Å². The Bertz CT molecular complexity index is 665. The molecule has 0 aliphatic carbocycles. The molecule has 0 radical (unpaired) electrons. The minimum absolute atomic E-state index is 0.171. The highest BCUT2D eigenvalue weighted by molar-refractivity contribution is 5.99. The van der Waals surface area contributed by atoms with Crippen LogP contribution in [0.15, 0.2) is 0 Å². The molecule has 25 heavy (non-hydrogen) atoms. The van der Waals surface area contributed by atoms with Crippen molar-refractivity contribution in [2.24, 2.45) is 0 Å². The Kier molecular flexibility index (Phi) is 6.22. The summed E-state index contributed by atoms with van der Waals surface area (Å²) in [6.45, 7) is 7.73. The number of nitrogens with zero attached hydrogens (tertiary/aromatic N) is 1. The van der Waals surface area contributed by atoms with E-state index in [0.29, 0.717) is 23.4 Å². The normalized spacial score (nSPS) is 17.3. The summed E-state index contributed by atoms with van der Waals surface area (Å²) in [6, 6.07) is 0.171. The van der Waals surface area contributed by atoms with Gasteiger partial charge in [-0.3, -0.25) is 4.79 Å². The van der Waals surface area contributed by atoms with Crippen LogP contribution in [0.25, 0.3) is 0 Å². The van der Waals surface area contributed by atoms with Crippen molar-refractivity contribution in [3.8, 4) is 0 Å². The molecule has 1 amide bonds. The number of aryl methyl sites for hydroxylation is 1. The van der Waals surface area contributed by atoms with Crippen LogP contribution in [0.5, 0.6) is 0 Å². The van der Waals surface area contributed by atoms with E-state index in [4.69, 9.17) is 9.47 Å². The molecular formula is C18H26N2O5. The zero-order chi connectivity index (χ0) is 18.6. The van der Waals surface area contributed by atoms with Crippen LogP contribution >= 0.6 is 0 Å². The summed E-state index contributed by atoms with van der Waals surface area (Å²) >= 11 is 0. The maximum absolute atomic E-state index is 12.3. The molecule has 2 heterocycles. The fourth-order valence-corrected chi connectivity index (χ4v) is 3.21. The first-order chi connectivity index (χ1) is 11.9. The van der Waals surface area contributed by atoms with Gasteiger partial charge in [-0.25, -0.2) is 9.59 Å². The van der Waals surface area contributed by atoms with Gasteiger partial charge in [0.2, 0.25) is 0 Å². The Morgan fingerprint density at radius 3 is 2.52 bits per heavy atom. The summed E-state index contributed by atoms with van der Waals surface area (Å²) < 4.78 is 10.2. The van der Waals surface area contributed by atoms with E-state index in [1.807, 2.05) is 6.92 Å². The third kappa shape index (κ3) is 4.21. The second kappa shape index (κ2) is 8.18. The minimum Gasteiger partial charge on any atom is -0.462 e. The van der Waals surface area contributed by atoms with Crippen LogP contribution in [0.2, 0.25) is 0 Å². The van der Waals surface area contributed by atoms with Crippen molar-refractivity contribution in [3.63, 3.8) is 0 Å². The summed E-state index contributed by atoms with van der Waals surface area (Å²) in [7, 11) is 0. The van der Waals surface area contributed by atoms with Crippen LogP contribution in [0.4, 0.5) is 0 Å². The summed E-state index contributed by atoms with van der Waals surface area (Å²) in [5.74, 6) is -1.31. The van der Waals surface area contributed by atoms with E-state index in [1.165, 1.54) is 0 Å². The number of likely N-dealkylation sites (tertiary alicyclic amines) is 1. The molecule has 1 aromatic rings. The van der Waals surface area contributed by atoms with Gasteiger partial charge in [0.25, 0.3) is 5.91 Å². The molecule has 1 N–H and O–H groups in total. The average Bonchev–Trinajstić information content (AvgIpc) is 2.87. The lowest BCUT2D eigenvalue weighted by atomic mass is 10.0. The van der Waals surface area contributed by atoms with Crippen molar-refractivity contribution in [3.05, 3.63) is 22.5 Å². The zero-order valence-corrected chi connectivity index (χ0v) is 15.3. The van der Waals surface area contributed by atoms with E-state index in [-0.39, 0.29) is 30.9 Å². The summed E-state index contributed by atoms with van der Waals surface area (Å²) in [5.41, 5.74) is 1.53. The van der Waals surface area contributed by atoms with E-state index in [2.05, 4.69) is 4.98 Å². The number of hydrogen-bond acceptors (Lipinski definition) is 5. The van der Waals surface area contributed by atoms with Crippen LogP contribution < -0.4 is 0 Å². The third-order valence-electron chi connectivity index (χ3n) is 4.57. The number of ether oxygens (including phenoxy) is 2. The maximum Gasteiger partial charge on any atom is 0.355 e. The van der Waals surface area contributed by atoms with Gasteiger partial charge in [0, 0.05) is 18.3 Å². The minimum atomic E-state index is -0.644. The highest BCUT2D eigenvalue weighted by atomic mass is 16.5. The molecule has 2 rings (SSSR count). The molecule has 0 spiro atoms. The van der Waals surface area contributed by atoms with Gasteiger partial charge < -0.3 is 19.4 Å². The molecule has 1 fully saturated rings. The van der Waals surface area contributed by atoms with E-state index >= 15 is 0 Å². The number of amides is 1. The topological polar surface area (TPSA) is 88.7 Å². The Morgan fingerprint density at radius 1 is 1.16 bits per heavy atom. The first kappa shape index (κ1) is 19.0. The quantitative estimate of drug-likeness (QED) is 0.824. The van der Waals surface area contributed by atoms with Crippen LogP contribution in [0.1, 0.15) is 65.2 Å². The molecule has 1 unspecified atom stereocenters. The SMILES string of the molecule is CCOC(=O)c1c(C)[nH]c(C(=O)OCC(=O)N2CCCCC2C)c1C. The molecule has 1 aliphatic rings. The number of rotatable bonds is 5. The van der Waals surface area contributed by atoms with Crippen LogP contribution in [-0.2, 0) is 14.3 Å². The number of carbonyl (C=O) groups is 3. The Morgan fingerprint density at radius 2 is 1.88 bits per heavy atom.